The minimum Gasteiger partial charge on any atom is -0.325 e. The second-order valence-electron chi connectivity index (χ2n) is 2.98. The Morgan fingerprint density at radius 3 is 2.94 bits per heavy atom. The van der Waals surface area contributed by atoms with Crippen molar-refractivity contribution in [3.63, 3.8) is 0 Å². The zero-order chi connectivity index (χ0) is 12.0. The Hall–Kier alpha value is -1.38. The van der Waals surface area contributed by atoms with Crippen molar-refractivity contribution in [1.82, 2.24) is 5.32 Å². The molecule has 0 aromatic heterocycles. The third kappa shape index (κ3) is 4.01. The second kappa shape index (κ2) is 6.26. The van der Waals surface area contributed by atoms with Gasteiger partial charge in [0.05, 0.1) is 17.6 Å². The van der Waals surface area contributed by atoms with Gasteiger partial charge in [-0.2, -0.15) is 0 Å². The van der Waals surface area contributed by atoms with Gasteiger partial charge in [0.1, 0.15) is 5.82 Å². The molecule has 84 valence electrons. The van der Waals surface area contributed by atoms with Gasteiger partial charge in [-0.1, -0.05) is 5.92 Å². The first-order chi connectivity index (χ1) is 7.63. The number of benzene rings is 1. The summed E-state index contributed by atoms with van der Waals surface area (Å²) in [5, 5.41) is 5.27. The molecule has 5 heteroatoms. The molecule has 1 aromatic rings. The van der Waals surface area contributed by atoms with Gasteiger partial charge in [0.15, 0.2) is 0 Å². The van der Waals surface area contributed by atoms with Crippen LogP contribution in [0.1, 0.15) is 0 Å². The van der Waals surface area contributed by atoms with Gasteiger partial charge < -0.3 is 5.32 Å². The summed E-state index contributed by atoms with van der Waals surface area (Å²) < 4.78 is 13.5. The number of halogens is 2. The number of hydrogen-bond acceptors (Lipinski definition) is 2. The molecule has 1 rings (SSSR count). The topological polar surface area (TPSA) is 41.1 Å². The van der Waals surface area contributed by atoms with E-state index in [1.165, 1.54) is 12.1 Å². The molecule has 0 saturated heterocycles. The van der Waals surface area contributed by atoms with Gasteiger partial charge in [-0.25, -0.2) is 4.39 Å². The number of hydrogen-bond donors (Lipinski definition) is 2. The lowest BCUT2D eigenvalue weighted by Gasteiger charge is -2.05. The lowest BCUT2D eigenvalue weighted by Crippen LogP contribution is -2.28. The molecule has 0 fully saturated rings. The molecule has 2 N–H and O–H groups in total. The third-order valence-corrected chi connectivity index (χ3v) is 2.36. The van der Waals surface area contributed by atoms with Crippen molar-refractivity contribution in [3.8, 4) is 12.3 Å². The highest BCUT2D eigenvalue weighted by molar-refractivity contribution is 9.10. The SMILES string of the molecule is C#CCNCC(=O)Nc1ccc(Br)c(F)c1. The molecule has 0 radical (unpaired) electrons. The van der Waals surface area contributed by atoms with E-state index in [9.17, 15) is 9.18 Å². The van der Waals surface area contributed by atoms with E-state index in [-0.39, 0.29) is 12.5 Å². The number of carbonyl (C=O) groups is 1. The summed E-state index contributed by atoms with van der Waals surface area (Å²) in [5.74, 6) is 1.66. The molecular formula is C11H10BrFN2O. The Bertz CT molecular complexity index is 428. The first-order valence-electron chi connectivity index (χ1n) is 4.52. The molecule has 1 amide bonds. The fourth-order valence-corrected chi connectivity index (χ4v) is 1.27. The number of terminal acetylenes is 1. The van der Waals surface area contributed by atoms with E-state index in [1.807, 2.05) is 0 Å². The van der Waals surface area contributed by atoms with Crippen LogP contribution >= 0.6 is 15.9 Å². The summed E-state index contributed by atoms with van der Waals surface area (Å²) >= 11 is 3.02. The Morgan fingerprint density at radius 2 is 2.31 bits per heavy atom. The monoisotopic (exact) mass is 284 g/mol. The summed E-state index contributed by atoms with van der Waals surface area (Å²) in [5.41, 5.74) is 0.410. The molecule has 3 nitrogen and oxygen atoms in total. The quantitative estimate of drug-likeness (QED) is 0.653. The zero-order valence-corrected chi connectivity index (χ0v) is 9.97. The highest BCUT2D eigenvalue weighted by Crippen LogP contribution is 2.18. The van der Waals surface area contributed by atoms with E-state index in [1.54, 1.807) is 6.07 Å². The molecule has 0 bridgehead atoms. The second-order valence-corrected chi connectivity index (χ2v) is 3.84. The van der Waals surface area contributed by atoms with Gasteiger partial charge in [-0.3, -0.25) is 10.1 Å². The molecular weight excluding hydrogens is 275 g/mol. The van der Waals surface area contributed by atoms with Crippen LogP contribution < -0.4 is 10.6 Å². The lowest BCUT2D eigenvalue weighted by atomic mass is 10.3. The highest BCUT2D eigenvalue weighted by atomic mass is 79.9. The van der Waals surface area contributed by atoms with Crippen LogP contribution in [-0.2, 0) is 4.79 Å². The summed E-state index contributed by atoms with van der Waals surface area (Å²) in [6, 6.07) is 4.37. The van der Waals surface area contributed by atoms with Crippen molar-refractivity contribution in [3.05, 3.63) is 28.5 Å². The molecule has 0 aliphatic heterocycles. The van der Waals surface area contributed by atoms with Crippen molar-refractivity contribution >= 4 is 27.5 Å². The average Bonchev–Trinajstić information content (AvgIpc) is 2.24. The first kappa shape index (κ1) is 12.7. The number of amides is 1. The molecule has 1 aromatic carbocycles. The molecule has 0 heterocycles. The van der Waals surface area contributed by atoms with Gasteiger partial charge >= 0.3 is 0 Å². The van der Waals surface area contributed by atoms with E-state index >= 15 is 0 Å². The lowest BCUT2D eigenvalue weighted by molar-refractivity contribution is -0.115. The maximum absolute atomic E-state index is 13.1. The van der Waals surface area contributed by atoms with Crippen LogP contribution in [0, 0.1) is 18.2 Å². The van der Waals surface area contributed by atoms with Crippen molar-refractivity contribution in [2.75, 3.05) is 18.4 Å². The van der Waals surface area contributed by atoms with E-state index in [4.69, 9.17) is 6.42 Å². The van der Waals surface area contributed by atoms with Crippen LogP contribution in [-0.4, -0.2) is 19.0 Å². The third-order valence-electron chi connectivity index (χ3n) is 1.72. The number of anilines is 1. The summed E-state index contributed by atoms with van der Waals surface area (Å²) in [6.45, 7) is 0.421. The number of rotatable bonds is 4. The minimum absolute atomic E-state index is 0.0991. The van der Waals surface area contributed by atoms with Crippen LogP contribution in [0.4, 0.5) is 10.1 Å². The van der Waals surface area contributed by atoms with Gasteiger partial charge in [-0.05, 0) is 34.1 Å². The fourth-order valence-electron chi connectivity index (χ4n) is 1.03. The Balaban J connectivity index is 2.50. The van der Waals surface area contributed by atoms with Gasteiger partial charge in [0.2, 0.25) is 5.91 Å². The highest BCUT2D eigenvalue weighted by Gasteiger charge is 2.04. The predicted octanol–water partition coefficient (Wildman–Crippen LogP) is 1.75. The Labute approximate surface area is 102 Å². The molecule has 0 spiro atoms. The minimum atomic E-state index is -0.422. The predicted molar refractivity (Wildman–Crippen MR) is 64.4 cm³/mol. The van der Waals surface area contributed by atoms with Gasteiger partial charge in [0.25, 0.3) is 0 Å². The average molecular weight is 285 g/mol. The molecule has 16 heavy (non-hydrogen) atoms. The maximum atomic E-state index is 13.1. The van der Waals surface area contributed by atoms with E-state index in [0.29, 0.717) is 16.7 Å². The van der Waals surface area contributed by atoms with Crippen LogP contribution in [0.3, 0.4) is 0 Å². The van der Waals surface area contributed by atoms with Crippen LogP contribution in [0.25, 0.3) is 0 Å². The maximum Gasteiger partial charge on any atom is 0.238 e. The Kier molecular flexibility index (Phi) is 4.96. The molecule has 0 unspecified atom stereocenters. The molecule has 0 saturated carbocycles. The molecule has 0 atom stereocenters. The summed E-state index contributed by atoms with van der Waals surface area (Å²) in [4.78, 5) is 11.3. The fraction of sp³-hybridized carbons (Fsp3) is 0.182. The van der Waals surface area contributed by atoms with E-state index in [2.05, 4.69) is 32.5 Å². The normalized spacial score (nSPS) is 9.56. The smallest absolute Gasteiger partial charge is 0.238 e. The van der Waals surface area contributed by atoms with Crippen molar-refractivity contribution in [1.29, 1.82) is 0 Å². The van der Waals surface area contributed by atoms with Gasteiger partial charge in [0, 0.05) is 5.69 Å². The number of nitrogens with one attached hydrogen (secondary N) is 2. The first-order valence-corrected chi connectivity index (χ1v) is 5.32. The summed E-state index contributed by atoms with van der Waals surface area (Å²) in [6.07, 6.45) is 5.00. The largest absolute Gasteiger partial charge is 0.325 e. The van der Waals surface area contributed by atoms with E-state index < -0.39 is 5.82 Å². The molecule has 0 aliphatic carbocycles. The van der Waals surface area contributed by atoms with Crippen LogP contribution in [0.5, 0.6) is 0 Å². The zero-order valence-electron chi connectivity index (χ0n) is 8.39. The Morgan fingerprint density at radius 1 is 1.56 bits per heavy atom. The van der Waals surface area contributed by atoms with Crippen molar-refractivity contribution in [2.24, 2.45) is 0 Å². The van der Waals surface area contributed by atoms with Crippen LogP contribution in [0.2, 0.25) is 0 Å². The standard InChI is InChI=1S/C11H10BrFN2O/c1-2-5-14-7-11(16)15-8-3-4-9(12)10(13)6-8/h1,3-4,6,14H,5,7H2,(H,15,16). The molecule has 0 aliphatic rings. The van der Waals surface area contributed by atoms with E-state index in [0.717, 1.165) is 0 Å². The van der Waals surface area contributed by atoms with Crippen molar-refractivity contribution < 1.29 is 9.18 Å². The van der Waals surface area contributed by atoms with Crippen molar-refractivity contribution in [2.45, 2.75) is 0 Å². The number of carbonyl (C=O) groups excluding carboxylic acids is 1. The van der Waals surface area contributed by atoms with Crippen LogP contribution in [0.15, 0.2) is 22.7 Å². The van der Waals surface area contributed by atoms with Gasteiger partial charge in [-0.15, -0.1) is 6.42 Å². The summed E-state index contributed by atoms with van der Waals surface area (Å²) in [7, 11) is 0.